The summed E-state index contributed by atoms with van der Waals surface area (Å²) in [5, 5.41) is 16.1. The molecule has 54 heavy (non-hydrogen) atoms. The van der Waals surface area contributed by atoms with Gasteiger partial charge in [0.15, 0.2) is 12.4 Å². The van der Waals surface area contributed by atoms with Crippen molar-refractivity contribution < 1.29 is 23.9 Å². The predicted octanol–water partition coefficient (Wildman–Crippen LogP) is 6.26. The summed E-state index contributed by atoms with van der Waals surface area (Å²) in [5.74, 6) is 1.20. The van der Waals surface area contributed by atoms with E-state index in [4.69, 9.17) is 21.3 Å². The van der Waals surface area contributed by atoms with Crippen molar-refractivity contribution in [1.82, 2.24) is 30.3 Å². The van der Waals surface area contributed by atoms with E-state index in [1.54, 1.807) is 34.4 Å². The van der Waals surface area contributed by atoms with Crippen molar-refractivity contribution in [2.45, 2.75) is 84.3 Å². The summed E-state index contributed by atoms with van der Waals surface area (Å²) in [7, 11) is 0. The third kappa shape index (κ3) is 7.47. The first kappa shape index (κ1) is 37.2. The molecule has 3 amide bonds. The van der Waals surface area contributed by atoms with E-state index in [0.717, 1.165) is 39.6 Å². The fourth-order valence-electron chi connectivity index (χ4n) is 7.27. The molecule has 12 nitrogen and oxygen atoms in total. The molecule has 0 bridgehead atoms. The van der Waals surface area contributed by atoms with Crippen LogP contribution in [0.25, 0.3) is 5.00 Å². The van der Waals surface area contributed by atoms with Gasteiger partial charge >= 0.3 is 0 Å². The van der Waals surface area contributed by atoms with Gasteiger partial charge in [-0.1, -0.05) is 42.8 Å². The van der Waals surface area contributed by atoms with Crippen molar-refractivity contribution in [2.75, 3.05) is 13.2 Å². The van der Waals surface area contributed by atoms with Gasteiger partial charge in [0.25, 0.3) is 11.8 Å². The number of ether oxygens (including phenoxy) is 1. The molecule has 0 saturated carbocycles. The minimum absolute atomic E-state index is 0.0870. The van der Waals surface area contributed by atoms with Gasteiger partial charge in [-0.25, -0.2) is 0 Å². The Morgan fingerprint density at radius 1 is 1.07 bits per heavy atom. The average Bonchev–Trinajstić information content (AvgIpc) is 3.76. The second-order valence-electron chi connectivity index (χ2n) is 14.0. The van der Waals surface area contributed by atoms with Gasteiger partial charge in [0.05, 0.1) is 12.3 Å². The summed E-state index contributed by atoms with van der Waals surface area (Å²) >= 11 is 7.90. The molecule has 2 atom stereocenters. The fourth-order valence-corrected chi connectivity index (χ4v) is 8.61. The van der Waals surface area contributed by atoms with E-state index in [9.17, 15) is 19.2 Å². The van der Waals surface area contributed by atoms with Crippen LogP contribution in [0.1, 0.15) is 100 Å². The van der Waals surface area contributed by atoms with Gasteiger partial charge in [0, 0.05) is 57.2 Å². The van der Waals surface area contributed by atoms with E-state index in [1.165, 1.54) is 4.88 Å². The molecule has 1 saturated heterocycles. The first-order valence-electron chi connectivity index (χ1n) is 18.2. The number of amides is 3. The predicted molar refractivity (Wildman–Crippen MR) is 206 cm³/mol. The molecule has 2 N–H and O–H groups in total. The number of benzene rings is 2. The molecule has 0 aliphatic carbocycles. The summed E-state index contributed by atoms with van der Waals surface area (Å²) < 4.78 is 7.89. The van der Waals surface area contributed by atoms with Crippen LogP contribution in [0.15, 0.2) is 59.7 Å². The third-order valence-electron chi connectivity index (χ3n) is 10.2. The number of carbonyl (C=O) groups excluding carboxylic acids is 4. The Morgan fingerprint density at radius 2 is 1.87 bits per heavy atom. The van der Waals surface area contributed by atoms with Crippen molar-refractivity contribution in [3.63, 3.8) is 0 Å². The molecule has 1 unspecified atom stereocenters. The van der Waals surface area contributed by atoms with Crippen LogP contribution in [0, 0.1) is 20.8 Å². The van der Waals surface area contributed by atoms with Crippen molar-refractivity contribution in [3.8, 4) is 10.8 Å². The maximum atomic E-state index is 13.4. The highest BCUT2D eigenvalue weighted by Crippen LogP contribution is 2.40. The first-order valence-corrected chi connectivity index (χ1v) is 19.4. The monoisotopic (exact) mass is 767 g/mol. The lowest BCUT2D eigenvalue weighted by atomic mass is 9.99. The molecule has 3 aliphatic heterocycles. The average molecular weight is 768 g/mol. The number of rotatable bonds is 13. The molecular formula is C40H42ClN7O5S. The lowest BCUT2D eigenvalue weighted by Crippen LogP contribution is -2.49. The minimum atomic E-state index is -0.575. The number of nitrogens with zero attached hydrogens (tertiary/aromatic N) is 5. The number of piperidine rings is 1. The van der Waals surface area contributed by atoms with E-state index in [0.29, 0.717) is 72.1 Å². The van der Waals surface area contributed by atoms with E-state index in [-0.39, 0.29) is 43.1 Å². The third-order valence-corrected chi connectivity index (χ3v) is 11.7. The van der Waals surface area contributed by atoms with Gasteiger partial charge in [-0.15, -0.1) is 21.5 Å². The van der Waals surface area contributed by atoms with E-state index in [1.807, 2.05) is 35.8 Å². The Hall–Kier alpha value is -5.14. The molecule has 0 radical (unpaired) electrons. The molecule has 280 valence electrons. The van der Waals surface area contributed by atoms with Crippen LogP contribution in [-0.2, 0) is 20.9 Å². The number of nitrogens with one attached hydrogen (secondary N) is 2. The summed E-state index contributed by atoms with van der Waals surface area (Å²) in [6, 6.07) is 11.7. The first-order chi connectivity index (χ1) is 26.0. The number of aliphatic imine (C=N–C) groups is 1. The maximum absolute atomic E-state index is 13.4. The van der Waals surface area contributed by atoms with Gasteiger partial charge in [0.2, 0.25) is 5.91 Å². The van der Waals surface area contributed by atoms with E-state index in [2.05, 4.69) is 41.3 Å². The number of aromatic nitrogens is 3. The normalized spacial score (nSPS) is 17.7. The quantitative estimate of drug-likeness (QED) is 0.153. The van der Waals surface area contributed by atoms with Gasteiger partial charge in [-0.2, -0.15) is 0 Å². The number of carbonyl (C=O) groups is 4. The lowest BCUT2D eigenvalue weighted by molar-refractivity contribution is -0.126. The highest BCUT2D eigenvalue weighted by Gasteiger charge is 2.39. The number of hydrogen-bond acceptors (Lipinski definition) is 9. The second kappa shape index (κ2) is 15.7. The van der Waals surface area contributed by atoms with Crippen LogP contribution >= 0.6 is 22.9 Å². The van der Waals surface area contributed by atoms with Gasteiger partial charge in [-0.3, -0.25) is 28.7 Å². The minimum Gasteiger partial charge on any atom is -0.483 e. The molecule has 1 fully saturated rings. The second-order valence-corrected chi connectivity index (χ2v) is 15.6. The molecular weight excluding hydrogens is 726 g/mol. The topological polar surface area (TPSA) is 148 Å². The largest absolute Gasteiger partial charge is 0.483 e. The zero-order valence-corrected chi connectivity index (χ0v) is 32.1. The molecule has 4 aromatic rings. The number of Topliss-reactive ketones (excluding diaryl/α,β-unsaturated/α-hetero) is 1. The molecule has 2 aromatic heterocycles. The summed E-state index contributed by atoms with van der Waals surface area (Å²) in [6.07, 6.45) is 3.85. The maximum Gasteiger partial charge on any atom is 0.257 e. The number of thiophene rings is 1. The molecule has 7 rings (SSSR count). The Morgan fingerprint density at radius 3 is 2.65 bits per heavy atom. The van der Waals surface area contributed by atoms with E-state index >= 15 is 0 Å². The number of halogens is 1. The Balaban J connectivity index is 0.896. The molecule has 2 aromatic carbocycles. The van der Waals surface area contributed by atoms with Gasteiger partial charge in [-0.05, 0) is 76.3 Å². The number of aryl methyl sites for hydroxylation is 2. The van der Waals surface area contributed by atoms with E-state index < -0.39 is 12.1 Å². The van der Waals surface area contributed by atoms with Crippen LogP contribution < -0.4 is 15.4 Å². The summed E-state index contributed by atoms with van der Waals surface area (Å²) in [6.45, 7) is 10.4. The van der Waals surface area contributed by atoms with Gasteiger partial charge in [0.1, 0.15) is 34.4 Å². The van der Waals surface area contributed by atoms with Crippen LogP contribution in [-0.4, -0.2) is 68.1 Å². The highest BCUT2D eigenvalue weighted by molar-refractivity contribution is 7.15. The molecule has 3 aliphatic rings. The molecule has 0 spiro atoms. The van der Waals surface area contributed by atoms with Crippen molar-refractivity contribution in [1.29, 1.82) is 0 Å². The Bertz CT molecular complexity index is 2190. The van der Waals surface area contributed by atoms with Crippen LogP contribution in [0.4, 0.5) is 0 Å². The number of fused-ring (bicyclic) bond motifs is 4. The SMILES string of the molecule is C=C1CCC(N2Cc3c(OCC(=O)NCCCCCC(=O)C[C@@H]4N=C(c5ccc(Cl)cc5)c5c(sc(C)c5C)-n5c(C)nnc54)cccc3C2=O)C(=O)N1. The highest BCUT2D eigenvalue weighted by atomic mass is 35.5. The smallest absolute Gasteiger partial charge is 0.257 e. The van der Waals surface area contributed by atoms with Gasteiger partial charge < -0.3 is 20.3 Å². The van der Waals surface area contributed by atoms with Crippen LogP contribution in [0.5, 0.6) is 5.75 Å². The van der Waals surface area contributed by atoms with Crippen molar-refractivity contribution in [3.05, 3.63) is 104 Å². The van der Waals surface area contributed by atoms with Crippen molar-refractivity contribution >= 4 is 52.2 Å². The number of hydrogen-bond donors (Lipinski definition) is 2. The summed E-state index contributed by atoms with van der Waals surface area (Å²) in [4.78, 5) is 59.6. The zero-order valence-electron chi connectivity index (χ0n) is 30.5. The zero-order chi connectivity index (χ0) is 38.1. The summed E-state index contributed by atoms with van der Waals surface area (Å²) in [5.41, 5.74) is 5.71. The number of unbranched alkanes of at least 4 members (excludes halogenated alkanes) is 2. The van der Waals surface area contributed by atoms with Crippen molar-refractivity contribution in [2.24, 2.45) is 4.99 Å². The Labute approximate surface area is 322 Å². The fraction of sp³-hybridized carbons (Fsp3) is 0.375. The number of ketones is 1. The standard InChI is InChI=1S/C40H42ClN7O5S/c1-22-12-17-32(38(51)43-22)47-20-30-29(39(47)52)10-8-11-33(30)53-21-34(50)42-18-7-5-6-9-28(49)19-31-37-46-45-25(4)48(37)40-35(23(2)24(3)54-40)36(44-31)26-13-15-27(41)16-14-26/h8,10-11,13-16,31-32H,1,5-7,9,12,17-21H2,2-4H3,(H,42,50)(H,43,51)/t31-,32?/m0/s1. The lowest BCUT2D eigenvalue weighted by Gasteiger charge is -2.31. The molecule has 5 heterocycles. The van der Waals surface area contributed by atoms with Crippen LogP contribution in [0.3, 0.4) is 0 Å². The molecule has 14 heteroatoms. The Kier molecular flexibility index (Phi) is 10.8. The van der Waals surface area contributed by atoms with Crippen LogP contribution in [0.2, 0.25) is 5.02 Å². The number of allylic oxidation sites excluding steroid dienone is 1.